The third kappa shape index (κ3) is 18.7. The molecule has 0 saturated carbocycles. The topological polar surface area (TPSA) is 109 Å². The standard InChI is InChI=1S/Hg.H2O6S2Se.Zn/c;1-7(2,3)9-8(4,5)6;/h;(H,1,2,3)(H,4,5,6);. The van der Waals surface area contributed by atoms with E-state index in [0.29, 0.717) is 0 Å². The van der Waals surface area contributed by atoms with Gasteiger partial charge in [0.25, 0.3) is 0 Å². The maximum absolute atomic E-state index is 9.69. The molecule has 0 spiro atoms. The van der Waals surface area contributed by atoms with Crippen molar-refractivity contribution in [1.82, 2.24) is 0 Å². The monoisotopic (exact) mass is 508 g/mol. The van der Waals surface area contributed by atoms with Crippen LogP contribution in [-0.4, -0.2) is 38.7 Å². The van der Waals surface area contributed by atoms with Crippen molar-refractivity contribution in [3.63, 3.8) is 0 Å². The summed E-state index contributed by atoms with van der Waals surface area (Å²) in [5, 5.41) is 0. The van der Waals surface area contributed by atoms with Crippen LogP contribution in [0.2, 0.25) is 0 Å². The van der Waals surface area contributed by atoms with Crippen molar-refractivity contribution in [2.45, 2.75) is 0 Å². The molecule has 0 aliphatic heterocycles. The maximum Gasteiger partial charge on any atom is 0 e. The molecule has 0 radical (unpaired) electrons. The Morgan fingerprint density at radius 2 is 1.09 bits per heavy atom. The third-order valence-electron chi connectivity index (χ3n) is 0.172. The Morgan fingerprint density at radius 3 is 1.09 bits per heavy atom. The van der Waals surface area contributed by atoms with Gasteiger partial charge in [-0.25, -0.2) is 0 Å². The van der Waals surface area contributed by atoms with E-state index in [0.717, 1.165) is 0 Å². The van der Waals surface area contributed by atoms with Crippen LogP contribution in [0.4, 0.5) is 0 Å². The predicted octanol–water partition coefficient (Wildman–Crippen LogP) is -1.71. The fourth-order valence-corrected chi connectivity index (χ4v) is 5.08. The molecular weight excluding hydrogens is 505 g/mol. The van der Waals surface area contributed by atoms with Gasteiger partial charge in [0.05, 0.1) is 0 Å². The minimum atomic E-state index is -4.56. The maximum atomic E-state index is 9.69. The molecule has 11 heteroatoms. The molecule has 0 aliphatic rings. The van der Waals surface area contributed by atoms with Gasteiger partial charge in [-0.1, -0.05) is 0 Å². The van der Waals surface area contributed by atoms with Crippen molar-refractivity contribution < 1.29 is 73.1 Å². The average molecular weight is 507 g/mol. The van der Waals surface area contributed by atoms with Crippen LogP contribution in [-0.2, 0) is 64.2 Å². The van der Waals surface area contributed by atoms with Gasteiger partial charge in [-0.15, -0.1) is 0 Å². The second-order valence-corrected chi connectivity index (χ2v) is 11.1. The summed E-state index contributed by atoms with van der Waals surface area (Å²) in [5.41, 5.74) is 0. The van der Waals surface area contributed by atoms with Gasteiger partial charge >= 0.3 is 55.7 Å². The largest absolute Gasteiger partial charge is 0 e. The molecule has 0 atom stereocenters. The van der Waals surface area contributed by atoms with E-state index in [9.17, 15) is 16.8 Å². The van der Waals surface area contributed by atoms with E-state index in [1.54, 1.807) is 0 Å². The van der Waals surface area contributed by atoms with Crippen molar-refractivity contribution in [2.75, 3.05) is 0 Å². The zero-order valence-corrected chi connectivity index (χ0v) is 17.0. The molecular formula is H2HgO6S2SeZn. The fraction of sp³-hybridized carbons (Fsp3) is 0. The normalized spacial score (nSPS) is 11.1. The van der Waals surface area contributed by atoms with Gasteiger partial charge in [-0.05, 0) is 0 Å². The first-order chi connectivity index (χ1) is 3.71. The summed E-state index contributed by atoms with van der Waals surface area (Å²) in [7, 11) is -9.11. The second-order valence-electron chi connectivity index (χ2n) is 0.924. The first-order valence-corrected chi connectivity index (χ1v) is 8.29. The van der Waals surface area contributed by atoms with Gasteiger partial charge in [0.2, 0.25) is 0 Å². The van der Waals surface area contributed by atoms with Crippen molar-refractivity contribution >= 4 is 29.8 Å². The minimum absolute atomic E-state index is 0. The summed E-state index contributed by atoms with van der Waals surface area (Å²) < 4.78 is 54.4. The molecule has 0 aromatic heterocycles. The summed E-state index contributed by atoms with van der Waals surface area (Å²) in [6, 6.07) is 0. The van der Waals surface area contributed by atoms with E-state index in [2.05, 4.69) is 0 Å². The number of hydrogen-bond donors (Lipinski definition) is 2. The molecule has 0 amide bonds. The average Bonchev–Trinajstić information content (AvgIpc) is 1.14. The second kappa shape index (κ2) is 6.37. The van der Waals surface area contributed by atoms with Crippen LogP contribution in [0.15, 0.2) is 0 Å². The Kier molecular flexibility index (Phi) is 10.8. The molecule has 0 fully saturated rings. The minimum Gasteiger partial charge on any atom is 0 e. The quantitative estimate of drug-likeness (QED) is 0.341. The Morgan fingerprint density at radius 1 is 0.909 bits per heavy atom. The van der Waals surface area contributed by atoms with Crippen molar-refractivity contribution in [3.05, 3.63) is 0 Å². The summed E-state index contributed by atoms with van der Waals surface area (Å²) in [6.45, 7) is 0. The van der Waals surface area contributed by atoms with Gasteiger partial charge in [-0.3, -0.25) is 0 Å². The van der Waals surface area contributed by atoms with Crippen LogP contribution in [0.1, 0.15) is 0 Å². The van der Waals surface area contributed by atoms with Gasteiger partial charge in [0, 0.05) is 47.1 Å². The van der Waals surface area contributed by atoms with Crippen LogP contribution in [0.3, 0.4) is 0 Å². The number of rotatable bonds is 2. The first-order valence-electron chi connectivity index (χ1n) is 1.37. The van der Waals surface area contributed by atoms with E-state index >= 15 is 0 Å². The molecule has 0 aliphatic carbocycles. The molecule has 0 rings (SSSR count). The van der Waals surface area contributed by atoms with Gasteiger partial charge < -0.3 is 0 Å². The Balaban J connectivity index is -0.000000320. The summed E-state index contributed by atoms with van der Waals surface area (Å²) in [5.74, 6) is 0. The van der Waals surface area contributed by atoms with Crippen LogP contribution in [0.5, 0.6) is 0 Å². The SMILES string of the molecule is O=S(=O)(O)[Se]S(=O)(=O)O.[Hg].[Zn]. The molecule has 0 saturated heterocycles. The van der Waals surface area contributed by atoms with Gasteiger partial charge in [0.1, 0.15) is 0 Å². The van der Waals surface area contributed by atoms with E-state index in [-0.39, 0.29) is 47.1 Å². The van der Waals surface area contributed by atoms with Gasteiger partial charge in [-0.2, -0.15) is 0 Å². The van der Waals surface area contributed by atoms with E-state index in [4.69, 9.17) is 9.11 Å². The molecule has 0 heterocycles. The predicted molar refractivity (Wildman–Crippen MR) is 28.9 cm³/mol. The summed E-state index contributed by atoms with van der Waals surface area (Å²) in [4.78, 5) is 0. The van der Waals surface area contributed by atoms with Crippen LogP contribution in [0, 0.1) is 0 Å². The van der Waals surface area contributed by atoms with E-state index in [1.807, 2.05) is 0 Å². The Bertz CT molecular complexity index is 246. The smallest absolute Gasteiger partial charge is 0 e. The molecule has 0 bridgehead atoms. The van der Waals surface area contributed by atoms with Crippen molar-refractivity contribution in [3.8, 4) is 0 Å². The molecule has 0 aromatic carbocycles. The van der Waals surface area contributed by atoms with Crippen LogP contribution < -0.4 is 0 Å². The summed E-state index contributed by atoms with van der Waals surface area (Å²) in [6.07, 6.45) is 0. The Labute approximate surface area is 102 Å². The molecule has 60 valence electrons. The van der Waals surface area contributed by atoms with Crippen LogP contribution in [0.25, 0.3) is 0 Å². The Hall–Kier alpha value is 1.90. The van der Waals surface area contributed by atoms with E-state index < -0.39 is 29.8 Å². The zero-order valence-electron chi connectivity index (χ0n) is 5.17. The van der Waals surface area contributed by atoms with Crippen molar-refractivity contribution in [1.29, 1.82) is 0 Å². The number of hydrogen-bond acceptors (Lipinski definition) is 4. The van der Waals surface area contributed by atoms with Gasteiger partial charge in [0.15, 0.2) is 0 Å². The molecule has 0 unspecified atom stereocenters. The molecule has 11 heavy (non-hydrogen) atoms. The zero-order chi connectivity index (χ0) is 7.71. The van der Waals surface area contributed by atoms with Crippen LogP contribution >= 0.6 is 0 Å². The first kappa shape index (κ1) is 18.6. The summed E-state index contributed by atoms with van der Waals surface area (Å²) >= 11 is -2.19. The molecule has 6 nitrogen and oxygen atoms in total. The van der Waals surface area contributed by atoms with E-state index in [1.165, 1.54) is 0 Å². The van der Waals surface area contributed by atoms with Crippen molar-refractivity contribution in [2.24, 2.45) is 0 Å². The fourth-order valence-electron chi connectivity index (χ4n) is 0.109. The molecule has 2 N–H and O–H groups in total. The third-order valence-corrected chi connectivity index (χ3v) is 8.04. The molecule has 0 aromatic rings.